The number of carbonyl (C=O) groups is 3. The van der Waals surface area contributed by atoms with Crippen LogP contribution in [0.4, 0.5) is 4.79 Å². The molecule has 26 heavy (non-hydrogen) atoms. The maximum Gasteiger partial charge on any atom is 0.327 e. The number of amides is 4. The number of urea groups is 1. The number of nitrogens with zero attached hydrogens (tertiary/aromatic N) is 5. The van der Waals surface area contributed by atoms with Crippen LogP contribution >= 0.6 is 0 Å². The molecule has 3 heterocycles. The molecule has 1 unspecified atom stereocenters. The summed E-state index contributed by atoms with van der Waals surface area (Å²) in [5, 5.41) is 0. The highest BCUT2D eigenvalue weighted by Gasteiger charge is 2.48. The molecule has 1 aromatic heterocycles. The maximum atomic E-state index is 12.8. The molecule has 1 aromatic carbocycles. The average Bonchev–Trinajstić information content (AvgIpc) is 2.93. The highest BCUT2D eigenvalue weighted by molar-refractivity contribution is 6.05. The van der Waals surface area contributed by atoms with E-state index in [0.29, 0.717) is 13.1 Å². The first-order chi connectivity index (χ1) is 12.6. The molecule has 4 amide bonds. The Labute approximate surface area is 150 Å². The topological polar surface area (TPSA) is 86.7 Å². The van der Waals surface area contributed by atoms with Gasteiger partial charge in [-0.2, -0.15) is 0 Å². The number of hydrogen-bond acceptors (Lipinski definition) is 5. The van der Waals surface area contributed by atoms with Gasteiger partial charge in [0.25, 0.3) is 11.8 Å². The van der Waals surface area contributed by atoms with Gasteiger partial charge >= 0.3 is 6.03 Å². The van der Waals surface area contributed by atoms with Crippen LogP contribution in [-0.4, -0.2) is 68.2 Å². The Hall–Kier alpha value is -3.29. The zero-order valence-electron chi connectivity index (χ0n) is 14.0. The predicted octanol–water partition coefficient (Wildman–Crippen LogP) is 0.765. The quantitative estimate of drug-likeness (QED) is 0.762. The highest BCUT2D eigenvalue weighted by Crippen LogP contribution is 2.24. The first-order valence-corrected chi connectivity index (χ1v) is 8.36. The van der Waals surface area contributed by atoms with Crippen molar-refractivity contribution in [1.82, 2.24) is 24.7 Å². The zero-order valence-corrected chi connectivity index (χ0v) is 14.0. The van der Waals surface area contributed by atoms with Crippen molar-refractivity contribution in [2.45, 2.75) is 12.6 Å². The molecule has 0 bridgehead atoms. The molecular formula is C18H17N5O3. The third-order valence-electron chi connectivity index (χ3n) is 4.66. The van der Waals surface area contributed by atoms with Gasteiger partial charge in [-0.3, -0.25) is 19.5 Å². The molecule has 2 saturated heterocycles. The molecule has 132 valence electrons. The van der Waals surface area contributed by atoms with E-state index < -0.39 is 6.04 Å². The number of rotatable bonds is 3. The lowest BCUT2D eigenvalue weighted by Crippen LogP contribution is -2.54. The number of benzene rings is 1. The van der Waals surface area contributed by atoms with Crippen LogP contribution < -0.4 is 0 Å². The second-order valence-corrected chi connectivity index (χ2v) is 6.24. The Morgan fingerprint density at radius 3 is 2.65 bits per heavy atom. The van der Waals surface area contributed by atoms with Crippen LogP contribution in [0.15, 0.2) is 48.9 Å². The number of piperazine rings is 1. The van der Waals surface area contributed by atoms with E-state index in [1.165, 1.54) is 23.5 Å². The SMILES string of the molecule is O=C(c1cnccn1)N1CCN2C(=O)N(Cc3ccccc3)C(=O)C2C1. The molecule has 2 aliphatic rings. The summed E-state index contributed by atoms with van der Waals surface area (Å²) in [5.41, 5.74) is 1.13. The van der Waals surface area contributed by atoms with Gasteiger partial charge < -0.3 is 9.80 Å². The van der Waals surface area contributed by atoms with Gasteiger partial charge in [-0.25, -0.2) is 9.78 Å². The molecule has 8 heteroatoms. The molecule has 0 N–H and O–H groups in total. The van der Waals surface area contributed by atoms with Gasteiger partial charge in [-0.1, -0.05) is 30.3 Å². The van der Waals surface area contributed by atoms with Crippen molar-refractivity contribution in [2.24, 2.45) is 0 Å². The van der Waals surface area contributed by atoms with E-state index in [-0.39, 0.29) is 36.6 Å². The van der Waals surface area contributed by atoms with Crippen molar-refractivity contribution in [3.63, 3.8) is 0 Å². The lowest BCUT2D eigenvalue weighted by molar-refractivity contribution is -0.129. The Morgan fingerprint density at radius 2 is 1.92 bits per heavy atom. The third-order valence-corrected chi connectivity index (χ3v) is 4.66. The summed E-state index contributed by atoms with van der Waals surface area (Å²) in [7, 11) is 0. The normalized spacial score (nSPS) is 19.7. The van der Waals surface area contributed by atoms with Crippen LogP contribution in [0.25, 0.3) is 0 Å². The minimum atomic E-state index is -0.638. The van der Waals surface area contributed by atoms with Crippen molar-refractivity contribution in [3.8, 4) is 0 Å². The predicted molar refractivity (Wildman–Crippen MR) is 90.8 cm³/mol. The second kappa shape index (κ2) is 6.55. The van der Waals surface area contributed by atoms with E-state index in [0.717, 1.165) is 5.56 Å². The summed E-state index contributed by atoms with van der Waals surface area (Å²) in [6, 6.07) is 8.44. The summed E-state index contributed by atoms with van der Waals surface area (Å²) in [4.78, 5) is 50.2. The van der Waals surface area contributed by atoms with Gasteiger partial charge in [0.05, 0.1) is 19.3 Å². The minimum Gasteiger partial charge on any atom is -0.333 e. The fourth-order valence-electron chi connectivity index (χ4n) is 3.32. The number of hydrogen-bond donors (Lipinski definition) is 0. The van der Waals surface area contributed by atoms with Gasteiger partial charge in [0.1, 0.15) is 11.7 Å². The van der Waals surface area contributed by atoms with Crippen LogP contribution in [0.5, 0.6) is 0 Å². The number of fused-ring (bicyclic) bond motifs is 1. The monoisotopic (exact) mass is 351 g/mol. The number of carbonyl (C=O) groups excluding carboxylic acids is 3. The van der Waals surface area contributed by atoms with Crippen molar-refractivity contribution in [3.05, 3.63) is 60.2 Å². The molecule has 0 aliphatic carbocycles. The van der Waals surface area contributed by atoms with Gasteiger partial charge in [0, 0.05) is 25.5 Å². The Balaban J connectivity index is 1.50. The molecule has 2 fully saturated rings. The van der Waals surface area contributed by atoms with Gasteiger partial charge in [-0.05, 0) is 5.56 Å². The largest absolute Gasteiger partial charge is 0.333 e. The summed E-state index contributed by atoms with van der Waals surface area (Å²) < 4.78 is 0. The van der Waals surface area contributed by atoms with Crippen molar-refractivity contribution in [2.75, 3.05) is 19.6 Å². The van der Waals surface area contributed by atoms with Crippen molar-refractivity contribution in [1.29, 1.82) is 0 Å². The fraction of sp³-hybridized carbons (Fsp3) is 0.278. The lowest BCUT2D eigenvalue weighted by Gasteiger charge is -2.35. The van der Waals surface area contributed by atoms with Crippen LogP contribution in [0.2, 0.25) is 0 Å². The summed E-state index contributed by atoms with van der Waals surface area (Å²) in [6.45, 7) is 1.10. The van der Waals surface area contributed by atoms with E-state index in [1.54, 1.807) is 9.80 Å². The first-order valence-electron chi connectivity index (χ1n) is 8.36. The molecule has 8 nitrogen and oxygen atoms in total. The molecular weight excluding hydrogens is 334 g/mol. The van der Waals surface area contributed by atoms with Gasteiger partial charge in [0.15, 0.2) is 0 Å². The Bertz CT molecular complexity index is 842. The van der Waals surface area contributed by atoms with Crippen LogP contribution in [-0.2, 0) is 11.3 Å². The molecule has 0 radical (unpaired) electrons. The Morgan fingerprint density at radius 1 is 1.12 bits per heavy atom. The summed E-state index contributed by atoms with van der Waals surface area (Å²) in [6.07, 6.45) is 4.35. The number of imide groups is 1. The van der Waals surface area contributed by atoms with Gasteiger partial charge in [-0.15, -0.1) is 0 Å². The highest BCUT2D eigenvalue weighted by atomic mass is 16.2. The summed E-state index contributed by atoms with van der Waals surface area (Å²) >= 11 is 0. The second-order valence-electron chi connectivity index (χ2n) is 6.24. The molecule has 4 rings (SSSR count). The van der Waals surface area contributed by atoms with E-state index >= 15 is 0 Å². The standard InChI is InChI=1S/C18H17N5O3/c24-16(14-10-19-6-7-20-14)21-8-9-22-15(12-21)17(25)23(18(22)26)11-13-4-2-1-3-5-13/h1-7,10,15H,8-9,11-12H2. The lowest BCUT2D eigenvalue weighted by atomic mass is 10.1. The van der Waals surface area contributed by atoms with E-state index in [4.69, 9.17) is 0 Å². The van der Waals surface area contributed by atoms with E-state index in [1.807, 2.05) is 30.3 Å². The molecule has 0 spiro atoms. The zero-order chi connectivity index (χ0) is 18.1. The molecule has 1 atom stereocenters. The molecule has 2 aliphatic heterocycles. The van der Waals surface area contributed by atoms with E-state index in [9.17, 15) is 14.4 Å². The maximum absolute atomic E-state index is 12.8. The molecule has 0 saturated carbocycles. The Kier molecular flexibility index (Phi) is 4.08. The van der Waals surface area contributed by atoms with E-state index in [2.05, 4.69) is 9.97 Å². The number of aromatic nitrogens is 2. The average molecular weight is 351 g/mol. The summed E-state index contributed by atoms with van der Waals surface area (Å²) in [5.74, 6) is -0.546. The molecule has 2 aromatic rings. The minimum absolute atomic E-state index is 0.172. The van der Waals surface area contributed by atoms with Crippen LogP contribution in [0.3, 0.4) is 0 Å². The van der Waals surface area contributed by atoms with Gasteiger partial charge in [0.2, 0.25) is 0 Å². The smallest absolute Gasteiger partial charge is 0.327 e. The van der Waals surface area contributed by atoms with Crippen molar-refractivity contribution < 1.29 is 14.4 Å². The fourth-order valence-corrected chi connectivity index (χ4v) is 3.32. The van der Waals surface area contributed by atoms with Crippen LogP contribution in [0.1, 0.15) is 16.1 Å². The van der Waals surface area contributed by atoms with Crippen LogP contribution in [0, 0.1) is 0 Å². The third kappa shape index (κ3) is 2.79. The first kappa shape index (κ1) is 16.2. The van der Waals surface area contributed by atoms with Crippen molar-refractivity contribution >= 4 is 17.8 Å².